The van der Waals surface area contributed by atoms with E-state index in [0.29, 0.717) is 17.9 Å². The van der Waals surface area contributed by atoms with Crippen molar-refractivity contribution in [1.82, 2.24) is 14.5 Å². The van der Waals surface area contributed by atoms with Gasteiger partial charge in [-0.25, -0.2) is 9.97 Å². The predicted octanol–water partition coefficient (Wildman–Crippen LogP) is 1.68. The fourth-order valence-corrected chi connectivity index (χ4v) is 2.76. The van der Waals surface area contributed by atoms with Gasteiger partial charge >= 0.3 is 0 Å². The quantitative estimate of drug-likeness (QED) is 0.899. The standard InChI is InChI=1S/C15H18N4O2/c1-10-16-8-9-19(10)14-12(5-3-7-17-14)18-15(21)11-4-2-6-13(11)20/h3,5,7-9,11,13,20H,2,4,6H2,1H3,(H,18,21). The minimum absolute atomic E-state index is 0.146. The number of aryl methyl sites for hydroxylation is 1. The summed E-state index contributed by atoms with van der Waals surface area (Å²) in [6.45, 7) is 1.88. The number of nitrogens with zero attached hydrogens (tertiary/aromatic N) is 3. The summed E-state index contributed by atoms with van der Waals surface area (Å²) >= 11 is 0. The monoisotopic (exact) mass is 286 g/mol. The van der Waals surface area contributed by atoms with Crippen molar-refractivity contribution >= 4 is 11.6 Å². The van der Waals surface area contributed by atoms with Gasteiger partial charge in [-0.3, -0.25) is 9.36 Å². The molecule has 2 atom stereocenters. The van der Waals surface area contributed by atoms with Crippen molar-refractivity contribution in [2.45, 2.75) is 32.3 Å². The predicted molar refractivity (Wildman–Crippen MR) is 78.1 cm³/mol. The lowest BCUT2D eigenvalue weighted by molar-refractivity contribution is -0.122. The first-order chi connectivity index (χ1) is 10.2. The number of anilines is 1. The first-order valence-corrected chi connectivity index (χ1v) is 7.11. The Balaban J connectivity index is 1.86. The molecule has 0 aromatic carbocycles. The summed E-state index contributed by atoms with van der Waals surface area (Å²) in [6, 6.07) is 3.58. The molecule has 0 aliphatic heterocycles. The Kier molecular flexibility index (Phi) is 3.70. The zero-order valence-corrected chi connectivity index (χ0v) is 11.9. The number of aromatic nitrogens is 3. The minimum Gasteiger partial charge on any atom is -0.392 e. The lowest BCUT2D eigenvalue weighted by atomic mass is 10.1. The first-order valence-electron chi connectivity index (χ1n) is 7.11. The van der Waals surface area contributed by atoms with E-state index in [-0.39, 0.29) is 11.8 Å². The van der Waals surface area contributed by atoms with Crippen molar-refractivity contribution in [3.8, 4) is 5.82 Å². The van der Waals surface area contributed by atoms with Gasteiger partial charge in [-0.05, 0) is 38.3 Å². The zero-order valence-electron chi connectivity index (χ0n) is 11.9. The van der Waals surface area contributed by atoms with Gasteiger partial charge in [0.2, 0.25) is 5.91 Å². The first kappa shape index (κ1) is 13.8. The Morgan fingerprint density at radius 2 is 2.24 bits per heavy atom. The molecule has 2 unspecified atom stereocenters. The molecule has 1 aliphatic carbocycles. The molecule has 6 heteroatoms. The third-order valence-corrected chi connectivity index (χ3v) is 3.91. The van der Waals surface area contributed by atoms with E-state index in [1.807, 2.05) is 11.5 Å². The lowest BCUT2D eigenvalue weighted by Gasteiger charge is -2.16. The Hall–Kier alpha value is -2.21. The highest BCUT2D eigenvalue weighted by Gasteiger charge is 2.31. The fraction of sp³-hybridized carbons (Fsp3) is 0.400. The molecule has 2 aromatic heterocycles. The van der Waals surface area contributed by atoms with E-state index in [9.17, 15) is 9.90 Å². The van der Waals surface area contributed by atoms with Crippen LogP contribution in [0.2, 0.25) is 0 Å². The van der Waals surface area contributed by atoms with E-state index in [4.69, 9.17) is 0 Å². The summed E-state index contributed by atoms with van der Waals surface area (Å²) in [7, 11) is 0. The smallest absolute Gasteiger partial charge is 0.230 e. The highest BCUT2D eigenvalue weighted by molar-refractivity contribution is 5.94. The van der Waals surface area contributed by atoms with Gasteiger partial charge in [-0.1, -0.05) is 0 Å². The molecule has 1 amide bonds. The number of carbonyl (C=O) groups excluding carboxylic acids is 1. The summed E-state index contributed by atoms with van der Waals surface area (Å²) in [4.78, 5) is 20.8. The Labute approximate surface area is 122 Å². The van der Waals surface area contributed by atoms with Crippen LogP contribution in [0.4, 0.5) is 5.69 Å². The lowest BCUT2D eigenvalue weighted by Crippen LogP contribution is -2.29. The summed E-state index contributed by atoms with van der Waals surface area (Å²) < 4.78 is 1.82. The number of imidazole rings is 1. The molecule has 0 bridgehead atoms. The van der Waals surface area contributed by atoms with Crippen LogP contribution in [0, 0.1) is 12.8 Å². The van der Waals surface area contributed by atoms with Gasteiger partial charge in [-0.15, -0.1) is 0 Å². The van der Waals surface area contributed by atoms with Crippen LogP contribution in [0.1, 0.15) is 25.1 Å². The van der Waals surface area contributed by atoms with E-state index in [1.165, 1.54) is 0 Å². The van der Waals surface area contributed by atoms with Crippen LogP contribution in [0.25, 0.3) is 5.82 Å². The van der Waals surface area contributed by atoms with Gasteiger partial charge in [0.1, 0.15) is 5.82 Å². The molecule has 110 valence electrons. The summed E-state index contributed by atoms with van der Waals surface area (Å²) in [6.07, 6.45) is 6.94. The number of hydrogen-bond donors (Lipinski definition) is 2. The van der Waals surface area contributed by atoms with E-state index in [2.05, 4.69) is 15.3 Å². The van der Waals surface area contributed by atoms with Gasteiger partial charge in [0, 0.05) is 18.6 Å². The second-order valence-corrected chi connectivity index (χ2v) is 5.31. The number of hydrogen-bond acceptors (Lipinski definition) is 4. The van der Waals surface area contributed by atoms with Gasteiger partial charge in [0.05, 0.1) is 17.7 Å². The van der Waals surface area contributed by atoms with Gasteiger partial charge in [0.25, 0.3) is 0 Å². The van der Waals surface area contributed by atoms with Gasteiger partial charge < -0.3 is 10.4 Å². The van der Waals surface area contributed by atoms with E-state index in [1.54, 1.807) is 30.7 Å². The van der Waals surface area contributed by atoms with Crippen molar-refractivity contribution in [2.75, 3.05) is 5.32 Å². The molecule has 21 heavy (non-hydrogen) atoms. The molecular formula is C15H18N4O2. The van der Waals surface area contributed by atoms with Crippen molar-refractivity contribution < 1.29 is 9.90 Å². The highest BCUT2D eigenvalue weighted by Crippen LogP contribution is 2.27. The molecule has 1 aliphatic rings. The van der Waals surface area contributed by atoms with Crippen LogP contribution in [0.15, 0.2) is 30.7 Å². The molecule has 2 N–H and O–H groups in total. The number of aliphatic hydroxyl groups is 1. The molecule has 0 saturated heterocycles. The Morgan fingerprint density at radius 3 is 2.90 bits per heavy atom. The van der Waals surface area contributed by atoms with E-state index in [0.717, 1.165) is 18.7 Å². The second kappa shape index (κ2) is 5.65. The maximum Gasteiger partial charge on any atom is 0.230 e. The van der Waals surface area contributed by atoms with Gasteiger partial charge in [0.15, 0.2) is 5.82 Å². The average molecular weight is 286 g/mol. The SMILES string of the molecule is Cc1nccn1-c1ncccc1NC(=O)C1CCCC1O. The molecule has 1 saturated carbocycles. The largest absolute Gasteiger partial charge is 0.392 e. The van der Waals surface area contributed by atoms with Crippen LogP contribution in [0.3, 0.4) is 0 Å². The van der Waals surface area contributed by atoms with E-state index >= 15 is 0 Å². The number of nitrogens with one attached hydrogen (secondary N) is 1. The zero-order chi connectivity index (χ0) is 14.8. The number of aliphatic hydroxyl groups excluding tert-OH is 1. The Morgan fingerprint density at radius 1 is 1.38 bits per heavy atom. The summed E-state index contributed by atoms with van der Waals surface area (Å²) in [5.41, 5.74) is 0.628. The molecule has 3 rings (SSSR count). The van der Waals surface area contributed by atoms with Crippen LogP contribution in [-0.4, -0.2) is 31.7 Å². The Bertz CT molecular complexity index is 653. The topological polar surface area (TPSA) is 80.0 Å². The third kappa shape index (κ3) is 2.67. The molecule has 2 aromatic rings. The number of amides is 1. The normalized spacial score (nSPS) is 21.4. The van der Waals surface area contributed by atoms with Gasteiger partial charge in [-0.2, -0.15) is 0 Å². The van der Waals surface area contributed by atoms with Crippen molar-refractivity contribution in [2.24, 2.45) is 5.92 Å². The van der Waals surface area contributed by atoms with Crippen LogP contribution in [-0.2, 0) is 4.79 Å². The number of pyridine rings is 1. The average Bonchev–Trinajstić information content (AvgIpc) is 3.08. The van der Waals surface area contributed by atoms with Crippen molar-refractivity contribution in [1.29, 1.82) is 0 Å². The fourth-order valence-electron chi connectivity index (χ4n) is 2.76. The molecule has 0 radical (unpaired) electrons. The second-order valence-electron chi connectivity index (χ2n) is 5.31. The molecule has 1 fully saturated rings. The molecular weight excluding hydrogens is 268 g/mol. The van der Waals surface area contributed by atoms with Crippen LogP contribution < -0.4 is 5.32 Å². The maximum atomic E-state index is 12.3. The molecule has 0 spiro atoms. The van der Waals surface area contributed by atoms with Crippen LogP contribution in [0.5, 0.6) is 0 Å². The minimum atomic E-state index is -0.542. The molecule has 6 nitrogen and oxygen atoms in total. The summed E-state index contributed by atoms with van der Waals surface area (Å²) in [5.74, 6) is 0.951. The highest BCUT2D eigenvalue weighted by atomic mass is 16.3. The van der Waals surface area contributed by atoms with E-state index < -0.39 is 6.10 Å². The van der Waals surface area contributed by atoms with Crippen molar-refractivity contribution in [3.05, 3.63) is 36.5 Å². The maximum absolute atomic E-state index is 12.3. The third-order valence-electron chi connectivity index (χ3n) is 3.91. The number of carbonyl (C=O) groups is 1. The summed E-state index contributed by atoms with van der Waals surface area (Å²) in [5, 5.41) is 12.7. The number of rotatable bonds is 3. The van der Waals surface area contributed by atoms with Crippen molar-refractivity contribution in [3.63, 3.8) is 0 Å². The molecule has 2 heterocycles. The van der Waals surface area contributed by atoms with Crippen LogP contribution >= 0.6 is 0 Å².